The number of thiazole rings is 1. The van der Waals surface area contributed by atoms with Gasteiger partial charge >= 0.3 is 0 Å². The molecule has 0 fully saturated rings. The van der Waals surface area contributed by atoms with Crippen LogP contribution in [0.15, 0.2) is 46.6 Å². The summed E-state index contributed by atoms with van der Waals surface area (Å²) in [6.07, 6.45) is 6.68. The average Bonchev–Trinajstić information content (AvgIpc) is 3.34. The zero-order valence-corrected chi connectivity index (χ0v) is 15.2. The molecule has 4 aromatic rings. The van der Waals surface area contributed by atoms with Crippen LogP contribution in [0.1, 0.15) is 28.8 Å². The molecule has 25 heavy (non-hydrogen) atoms. The number of aryl methyl sites for hydroxylation is 1. The molecular formula is C19H15N3OS2. The summed E-state index contributed by atoms with van der Waals surface area (Å²) >= 11 is 3.01. The fraction of sp³-hybridized carbons (Fsp3) is 0.105. The zero-order chi connectivity index (χ0) is 17.2. The largest absolute Gasteiger partial charge is 0.291 e. The summed E-state index contributed by atoms with van der Waals surface area (Å²) in [5.74, 6) is 0.551. The van der Waals surface area contributed by atoms with Crippen molar-refractivity contribution in [3.63, 3.8) is 0 Å². The molecule has 0 saturated carbocycles. The van der Waals surface area contributed by atoms with Gasteiger partial charge in [0.2, 0.25) is 4.96 Å². The molecule has 0 aliphatic heterocycles. The van der Waals surface area contributed by atoms with Crippen molar-refractivity contribution in [2.45, 2.75) is 13.3 Å². The Balaban J connectivity index is 1.67. The number of nitrogens with zero attached hydrogens (tertiary/aromatic N) is 3. The lowest BCUT2D eigenvalue weighted by molar-refractivity contribution is 0.925. The van der Waals surface area contributed by atoms with Gasteiger partial charge in [-0.3, -0.25) is 4.79 Å². The van der Waals surface area contributed by atoms with Crippen LogP contribution in [0.4, 0.5) is 0 Å². The topological polar surface area (TPSA) is 47.3 Å². The van der Waals surface area contributed by atoms with Crippen molar-refractivity contribution in [2.24, 2.45) is 0 Å². The predicted octanol–water partition coefficient (Wildman–Crippen LogP) is 3.49. The summed E-state index contributed by atoms with van der Waals surface area (Å²) in [7, 11) is 0. The van der Waals surface area contributed by atoms with Crippen LogP contribution in [0.25, 0.3) is 23.2 Å². The summed E-state index contributed by atoms with van der Waals surface area (Å²) in [4.78, 5) is 18.7. The number of hydrogen-bond donors (Lipinski definition) is 0. The molecule has 3 heterocycles. The van der Waals surface area contributed by atoms with Gasteiger partial charge in [0.25, 0.3) is 5.56 Å². The molecule has 0 bridgehead atoms. The lowest BCUT2D eigenvalue weighted by atomic mass is 10.1. The second kappa shape index (κ2) is 6.74. The number of aromatic nitrogens is 3. The van der Waals surface area contributed by atoms with Gasteiger partial charge in [-0.05, 0) is 47.2 Å². The Labute approximate surface area is 152 Å². The van der Waals surface area contributed by atoms with E-state index >= 15 is 0 Å². The van der Waals surface area contributed by atoms with E-state index in [1.54, 1.807) is 11.3 Å². The SMILES string of the molecule is CCc1ccc(/C=c2/sc3nc(/C=C/c4cccs4)nn3c2=O)cc1. The maximum Gasteiger partial charge on any atom is 0.291 e. The first-order chi connectivity index (χ1) is 12.2. The van der Waals surface area contributed by atoms with E-state index in [9.17, 15) is 4.79 Å². The van der Waals surface area contributed by atoms with E-state index < -0.39 is 0 Å². The zero-order valence-electron chi connectivity index (χ0n) is 13.5. The monoisotopic (exact) mass is 365 g/mol. The minimum absolute atomic E-state index is 0.122. The molecule has 4 nitrogen and oxygen atoms in total. The van der Waals surface area contributed by atoms with E-state index in [1.807, 2.05) is 47.9 Å². The van der Waals surface area contributed by atoms with E-state index in [-0.39, 0.29) is 5.56 Å². The molecule has 0 unspecified atom stereocenters. The molecule has 0 aliphatic carbocycles. The maximum atomic E-state index is 12.5. The number of fused-ring (bicyclic) bond motifs is 1. The van der Waals surface area contributed by atoms with Crippen LogP contribution < -0.4 is 10.1 Å². The highest BCUT2D eigenvalue weighted by atomic mass is 32.1. The molecule has 0 radical (unpaired) electrons. The highest BCUT2D eigenvalue weighted by molar-refractivity contribution is 7.15. The lowest BCUT2D eigenvalue weighted by Gasteiger charge is -1.96. The Morgan fingerprint density at radius 1 is 1.16 bits per heavy atom. The van der Waals surface area contributed by atoms with E-state index in [1.165, 1.54) is 21.4 Å². The van der Waals surface area contributed by atoms with Crippen molar-refractivity contribution in [3.8, 4) is 0 Å². The standard InChI is InChI=1S/C19H15N3OS2/c1-2-13-5-7-14(8-6-13)12-16-18(23)22-19(25-16)20-17(21-22)10-9-15-4-3-11-24-15/h3-12H,2H2,1H3/b10-9+,16-12+. The minimum atomic E-state index is -0.122. The van der Waals surface area contributed by atoms with E-state index in [2.05, 4.69) is 29.1 Å². The number of benzene rings is 1. The summed E-state index contributed by atoms with van der Waals surface area (Å²) < 4.78 is 2.03. The summed E-state index contributed by atoms with van der Waals surface area (Å²) in [5, 5.41) is 6.32. The Morgan fingerprint density at radius 2 is 2.00 bits per heavy atom. The summed E-state index contributed by atoms with van der Waals surface area (Å²) in [6.45, 7) is 2.12. The first-order valence-corrected chi connectivity index (χ1v) is 9.64. The molecule has 6 heteroatoms. The normalized spacial score (nSPS) is 12.6. The van der Waals surface area contributed by atoms with Crippen LogP contribution in [0.2, 0.25) is 0 Å². The van der Waals surface area contributed by atoms with E-state index in [4.69, 9.17) is 0 Å². The van der Waals surface area contributed by atoms with Crippen LogP contribution in [0, 0.1) is 0 Å². The number of rotatable bonds is 4. The van der Waals surface area contributed by atoms with Gasteiger partial charge in [-0.2, -0.15) is 9.50 Å². The van der Waals surface area contributed by atoms with Gasteiger partial charge in [0.1, 0.15) is 0 Å². The van der Waals surface area contributed by atoms with Gasteiger partial charge < -0.3 is 0 Å². The predicted molar refractivity (Wildman–Crippen MR) is 105 cm³/mol. The highest BCUT2D eigenvalue weighted by Gasteiger charge is 2.08. The van der Waals surface area contributed by atoms with Crippen LogP contribution in [-0.2, 0) is 6.42 Å². The van der Waals surface area contributed by atoms with Gasteiger partial charge in [0, 0.05) is 4.88 Å². The quantitative estimate of drug-likeness (QED) is 0.556. The van der Waals surface area contributed by atoms with Crippen LogP contribution in [0.5, 0.6) is 0 Å². The van der Waals surface area contributed by atoms with Crippen LogP contribution in [-0.4, -0.2) is 14.6 Å². The third kappa shape index (κ3) is 3.31. The molecule has 0 spiro atoms. The molecule has 4 rings (SSSR count). The van der Waals surface area contributed by atoms with Crippen molar-refractivity contribution < 1.29 is 0 Å². The van der Waals surface area contributed by atoms with E-state index in [0.29, 0.717) is 15.3 Å². The Bertz CT molecular complexity index is 1140. The molecule has 3 aromatic heterocycles. The van der Waals surface area contributed by atoms with Gasteiger partial charge in [0.05, 0.1) is 4.53 Å². The van der Waals surface area contributed by atoms with Crippen LogP contribution in [0.3, 0.4) is 0 Å². The number of hydrogen-bond acceptors (Lipinski definition) is 5. The molecule has 0 saturated heterocycles. The maximum absolute atomic E-state index is 12.5. The van der Waals surface area contributed by atoms with Crippen molar-refractivity contribution in [1.82, 2.24) is 14.6 Å². The fourth-order valence-corrected chi connectivity index (χ4v) is 4.00. The number of thiophene rings is 1. The minimum Gasteiger partial charge on any atom is -0.266 e. The first-order valence-electron chi connectivity index (χ1n) is 7.95. The highest BCUT2D eigenvalue weighted by Crippen LogP contribution is 2.12. The Hall–Kier alpha value is -2.57. The molecule has 1 aromatic carbocycles. The molecule has 0 N–H and O–H groups in total. The smallest absolute Gasteiger partial charge is 0.266 e. The van der Waals surface area contributed by atoms with Crippen molar-refractivity contribution in [1.29, 1.82) is 0 Å². The Morgan fingerprint density at radius 3 is 2.68 bits per heavy atom. The van der Waals surface area contributed by atoms with Crippen molar-refractivity contribution in [2.75, 3.05) is 0 Å². The third-order valence-corrected chi connectivity index (χ3v) is 5.62. The van der Waals surface area contributed by atoms with Crippen molar-refractivity contribution in [3.05, 3.63) is 78.5 Å². The first kappa shape index (κ1) is 15.9. The molecule has 0 amide bonds. The van der Waals surface area contributed by atoms with Crippen molar-refractivity contribution >= 4 is 45.9 Å². The molecular weight excluding hydrogens is 350 g/mol. The Kier molecular flexibility index (Phi) is 4.29. The summed E-state index contributed by atoms with van der Waals surface area (Å²) in [5.41, 5.74) is 2.17. The fourth-order valence-electron chi connectivity index (χ4n) is 2.46. The van der Waals surface area contributed by atoms with Gasteiger partial charge in [0.15, 0.2) is 5.82 Å². The van der Waals surface area contributed by atoms with Crippen LogP contribution >= 0.6 is 22.7 Å². The van der Waals surface area contributed by atoms with E-state index in [0.717, 1.165) is 16.9 Å². The summed E-state index contributed by atoms with van der Waals surface area (Å²) in [6, 6.07) is 12.2. The third-order valence-electron chi connectivity index (χ3n) is 3.82. The molecule has 0 atom stereocenters. The lowest BCUT2D eigenvalue weighted by Crippen LogP contribution is -2.23. The molecule has 124 valence electrons. The second-order valence-corrected chi connectivity index (χ2v) is 7.51. The van der Waals surface area contributed by atoms with Gasteiger partial charge in [-0.25, -0.2) is 0 Å². The molecule has 0 aliphatic rings. The van der Waals surface area contributed by atoms with Gasteiger partial charge in [-0.1, -0.05) is 48.6 Å². The average molecular weight is 365 g/mol. The van der Waals surface area contributed by atoms with Gasteiger partial charge in [-0.15, -0.1) is 16.4 Å². The second-order valence-electron chi connectivity index (χ2n) is 5.52.